The van der Waals surface area contributed by atoms with Crippen LogP contribution in [0.3, 0.4) is 0 Å². The zero-order valence-corrected chi connectivity index (χ0v) is 24.2. The Balaban J connectivity index is 1.64. The number of anilines is 1. The van der Waals surface area contributed by atoms with E-state index in [2.05, 4.69) is 15.4 Å². The van der Waals surface area contributed by atoms with Crippen molar-refractivity contribution in [2.75, 3.05) is 11.9 Å². The summed E-state index contributed by atoms with van der Waals surface area (Å²) >= 11 is 0.794. The second-order valence-electron chi connectivity index (χ2n) is 9.73. The average molecular weight is 611 g/mol. The van der Waals surface area contributed by atoms with Gasteiger partial charge in [0.25, 0.3) is 5.91 Å². The van der Waals surface area contributed by atoms with Crippen molar-refractivity contribution in [1.29, 1.82) is 0 Å². The van der Waals surface area contributed by atoms with E-state index in [0.717, 1.165) is 29.0 Å². The summed E-state index contributed by atoms with van der Waals surface area (Å²) in [6.07, 6.45) is -4.36. The van der Waals surface area contributed by atoms with Crippen molar-refractivity contribution < 1.29 is 37.0 Å². The Labute approximate surface area is 247 Å². The monoisotopic (exact) mass is 610 g/mol. The molecule has 3 aromatic heterocycles. The minimum absolute atomic E-state index is 0.0102. The molecule has 3 heterocycles. The first kappa shape index (κ1) is 29.7. The third-order valence-electron chi connectivity index (χ3n) is 6.45. The van der Waals surface area contributed by atoms with Gasteiger partial charge in [-0.2, -0.15) is 18.3 Å². The molecule has 0 aliphatic rings. The first-order valence-electron chi connectivity index (χ1n) is 13.2. The summed E-state index contributed by atoms with van der Waals surface area (Å²) in [4.78, 5) is 43.6. The molecule has 5 aromatic rings. The van der Waals surface area contributed by atoms with Gasteiger partial charge in [0, 0.05) is 5.56 Å². The van der Waals surface area contributed by atoms with Crippen molar-refractivity contribution in [3.05, 3.63) is 82.0 Å². The molecular formula is C30H25F3N4O5S. The molecule has 0 aliphatic heterocycles. The fourth-order valence-corrected chi connectivity index (χ4v) is 5.68. The highest BCUT2D eigenvalue weighted by molar-refractivity contribution is 7.18. The van der Waals surface area contributed by atoms with Crippen LogP contribution in [0, 0.1) is 6.92 Å². The number of aromatic nitrogens is 3. The molecule has 0 spiro atoms. The Bertz CT molecular complexity index is 1890. The van der Waals surface area contributed by atoms with Crippen LogP contribution in [0.4, 0.5) is 18.2 Å². The van der Waals surface area contributed by atoms with Crippen LogP contribution in [0.25, 0.3) is 27.7 Å². The summed E-state index contributed by atoms with van der Waals surface area (Å²) in [7, 11) is 0. The van der Waals surface area contributed by atoms with Gasteiger partial charge in [-0.25, -0.2) is 19.1 Å². The number of hydrogen-bond acceptors (Lipinski definition) is 8. The molecule has 0 bridgehead atoms. The van der Waals surface area contributed by atoms with Crippen LogP contribution < -0.4 is 5.32 Å². The summed E-state index contributed by atoms with van der Waals surface area (Å²) in [5, 5.41) is 7.83. The van der Waals surface area contributed by atoms with E-state index in [1.54, 1.807) is 45.0 Å². The smallest absolute Gasteiger partial charge is 0.433 e. The SMILES string of the molecule is CCOC(=O)c1sc(NC(=O)c2cnn3c(C(F)(F)F)cc(-c4cccc5ccccc45)nc23)c(C(=O)OC(C)C)c1C. The van der Waals surface area contributed by atoms with Crippen LogP contribution in [0.15, 0.2) is 54.7 Å². The number of amides is 1. The van der Waals surface area contributed by atoms with Crippen molar-refractivity contribution >= 4 is 50.6 Å². The number of carbonyl (C=O) groups excluding carboxylic acids is 3. The van der Waals surface area contributed by atoms with E-state index in [1.165, 1.54) is 6.92 Å². The predicted molar refractivity (Wildman–Crippen MR) is 154 cm³/mol. The fourth-order valence-electron chi connectivity index (χ4n) is 4.59. The van der Waals surface area contributed by atoms with E-state index in [4.69, 9.17) is 9.47 Å². The van der Waals surface area contributed by atoms with Gasteiger partial charge in [0.2, 0.25) is 0 Å². The van der Waals surface area contributed by atoms with Gasteiger partial charge < -0.3 is 14.8 Å². The molecule has 5 rings (SSSR count). The van der Waals surface area contributed by atoms with E-state index >= 15 is 0 Å². The Hall–Kier alpha value is -4.78. The van der Waals surface area contributed by atoms with Gasteiger partial charge in [-0.15, -0.1) is 11.3 Å². The van der Waals surface area contributed by atoms with Crippen LogP contribution in [0.1, 0.15) is 62.4 Å². The van der Waals surface area contributed by atoms with Gasteiger partial charge in [-0.05, 0) is 50.1 Å². The highest BCUT2D eigenvalue weighted by Crippen LogP contribution is 2.37. The minimum atomic E-state index is -4.83. The lowest BCUT2D eigenvalue weighted by Crippen LogP contribution is -2.18. The Morgan fingerprint density at radius 3 is 2.49 bits per heavy atom. The molecule has 222 valence electrons. The summed E-state index contributed by atoms with van der Waals surface area (Å²) in [5.41, 5.74) is -1.15. The molecule has 0 unspecified atom stereocenters. The molecule has 2 aromatic carbocycles. The lowest BCUT2D eigenvalue weighted by atomic mass is 10.0. The van der Waals surface area contributed by atoms with E-state index < -0.39 is 35.8 Å². The number of esters is 2. The van der Waals surface area contributed by atoms with Crippen LogP contribution in [0.5, 0.6) is 0 Å². The maximum Gasteiger partial charge on any atom is 0.433 e. The third-order valence-corrected chi connectivity index (χ3v) is 7.64. The fraction of sp³-hybridized carbons (Fsp3) is 0.233. The van der Waals surface area contributed by atoms with E-state index in [-0.39, 0.29) is 44.5 Å². The summed E-state index contributed by atoms with van der Waals surface area (Å²) in [6, 6.07) is 13.2. The number of alkyl halides is 3. The molecule has 43 heavy (non-hydrogen) atoms. The first-order valence-corrected chi connectivity index (χ1v) is 14.0. The van der Waals surface area contributed by atoms with Gasteiger partial charge in [-0.3, -0.25) is 4.79 Å². The molecule has 0 fully saturated rings. The first-order chi connectivity index (χ1) is 20.4. The van der Waals surface area contributed by atoms with Crippen molar-refractivity contribution in [3.8, 4) is 11.3 Å². The number of rotatable bonds is 7. The molecular weight excluding hydrogens is 585 g/mol. The summed E-state index contributed by atoms with van der Waals surface area (Å²) < 4.78 is 53.7. The minimum Gasteiger partial charge on any atom is -0.462 e. The second-order valence-corrected chi connectivity index (χ2v) is 10.8. The summed E-state index contributed by atoms with van der Waals surface area (Å²) in [6.45, 7) is 6.50. The van der Waals surface area contributed by atoms with Crippen molar-refractivity contribution in [3.63, 3.8) is 0 Å². The Morgan fingerprint density at radius 1 is 1.07 bits per heavy atom. The lowest BCUT2D eigenvalue weighted by Gasteiger charge is -2.13. The summed E-state index contributed by atoms with van der Waals surface area (Å²) in [5.74, 6) is -2.37. The number of hydrogen-bond donors (Lipinski definition) is 1. The molecule has 0 saturated carbocycles. The van der Waals surface area contributed by atoms with Gasteiger partial charge in [0.15, 0.2) is 11.3 Å². The zero-order chi connectivity index (χ0) is 31.1. The number of carbonyl (C=O) groups is 3. The third kappa shape index (κ3) is 5.67. The standard InChI is InChI=1S/C30H25F3N4O5S/c1-5-41-29(40)24-16(4)23(28(39)42-15(2)3)27(43-24)36-26(38)20-14-34-37-22(30(31,32)33)13-21(35-25(20)37)19-12-8-10-17-9-6-7-11-18(17)19/h6-15H,5H2,1-4H3,(H,36,38). The number of fused-ring (bicyclic) bond motifs is 2. The van der Waals surface area contributed by atoms with Crippen molar-refractivity contribution in [2.45, 2.75) is 40.0 Å². The highest BCUT2D eigenvalue weighted by Gasteiger charge is 2.36. The van der Waals surface area contributed by atoms with E-state index in [9.17, 15) is 27.6 Å². The normalized spacial score (nSPS) is 11.7. The number of benzene rings is 2. The molecule has 0 aliphatic carbocycles. The number of nitrogens with zero attached hydrogens (tertiary/aromatic N) is 3. The van der Waals surface area contributed by atoms with E-state index in [1.807, 2.05) is 18.2 Å². The predicted octanol–water partition coefficient (Wildman–Crippen LogP) is 6.93. The van der Waals surface area contributed by atoms with Crippen LogP contribution in [-0.2, 0) is 15.7 Å². The zero-order valence-electron chi connectivity index (χ0n) is 23.4. The van der Waals surface area contributed by atoms with Gasteiger partial charge >= 0.3 is 18.1 Å². The quantitative estimate of drug-likeness (QED) is 0.199. The number of thiophene rings is 1. The Morgan fingerprint density at radius 2 is 1.79 bits per heavy atom. The molecule has 0 radical (unpaired) electrons. The maximum atomic E-state index is 14.2. The molecule has 0 saturated heterocycles. The number of ether oxygens (including phenoxy) is 2. The largest absolute Gasteiger partial charge is 0.462 e. The van der Waals surface area contributed by atoms with Gasteiger partial charge in [0.05, 0.1) is 30.2 Å². The molecule has 1 N–H and O–H groups in total. The van der Waals surface area contributed by atoms with Crippen molar-refractivity contribution in [2.24, 2.45) is 0 Å². The molecule has 13 heteroatoms. The topological polar surface area (TPSA) is 112 Å². The molecule has 1 amide bonds. The van der Waals surface area contributed by atoms with E-state index in [0.29, 0.717) is 15.5 Å². The van der Waals surface area contributed by atoms with Crippen LogP contribution in [-0.4, -0.2) is 45.2 Å². The Kier molecular flexibility index (Phi) is 7.93. The highest BCUT2D eigenvalue weighted by atomic mass is 32.1. The maximum absolute atomic E-state index is 14.2. The van der Waals surface area contributed by atoms with Gasteiger partial charge in [-0.1, -0.05) is 42.5 Å². The molecule has 9 nitrogen and oxygen atoms in total. The number of halogens is 3. The van der Waals surface area contributed by atoms with Crippen LogP contribution >= 0.6 is 11.3 Å². The molecule has 0 atom stereocenters. The number of nitrogens with one attached hydrogen (secondary N) is 1. The average Bonchev–Trinajstić information content (AvgIpc) is 3.52. The second kappa shape index (κ2) is 11.5. The lowest BCUT2D eigenvalue weighted by molar-refractivity contribution is -0.142. The van der Waals surface area contributed by atoms with Gasteiger partial charge in [0.1, 0.15) is 15.4 Å². The van der Waals surface area contributed by atoms with Crippen molar-refractivity contribution in [1.82, 2.24) is 14.6 Å². The van der Waals surface area contributed by atoms with Crippen LogP contribution in [0.2, 0.25) is 0 Å².